The normalized spacial score (nSPS) is 10.6. The number of hydrogen-bond acceptors (Lipinski definition) is 8. The number of hydrogen-bond donors (Lipinski definition) is 2. The first kappa shape index (κ1) is 28.1. The first-order valence-electron chi connectivity index (χ1n) is 12.2. The second kappa shape index (κ2) is 12.3. The van der Waals surface area contributed by atoms with Crippen LogP contribution in [0.3, 0.4) is 0 Å². The maximum atomic E-state index is 14.0. The van der Waals surface area contributed by atoms with E-state index in [4.69, 9.17) is 21.1 Å². The van der Waals surface area contributed by atoms with Crippen LogP contribution in [0.15, 0.2) is 84.9 Å². The van der Waals surface area contributed by atoms with Crippen molar-refractivity contribution in [2.24, 2.45) is 0 Å². The van der Waals surface area contributed by atoms with E-state index in [1.54, 1.807) is 49.4 Å². The summed E-state index contributed by atoms with van der Waals surface area (Å²) in [6.07, 6.45) is 0.404. The average Bonchev–Trinajstić information content (AvgIpc) is 2.98. The summed E-state index contributed by atoms with van der Waals surface area (Å²) in [5.74, 6) is -6.98. The zero-order valence-electron chi connectivity index (χ0n) is 21.2. The molecule has 0 heterocycles. The van der Waals surface area contributed by atoms with Crippen LogP contribution in [0.25, 0.3) is 0 Å². The highest BCUT2D eigenvalue weighted by atomic mass is 35.5. The number of aromatic hydroxyl groups is 2. The number of ketones is 2. The van der Waals surface area contributed by atoms with E-state index in [0.717, 1.165) is 0 Å². The third kappa shape index (κ3) is 5.57. The highest BCUT2D eigenvalue weighted by Gasteiger charge is 2.37. The molecule has 0 amide bonds. The Labute approximate surface area is 234 Å². The molecule has 0 saturated heterocycles. The Kier molecular flexibility index (Phi) is 8.61. The van der Waals surface area contributed by atoms with Crippen molar-refractivity contribution in [1.29, 1.82) is 0 Å². The van der Waals surface area contributed by atoms with Crippen LogP contribution in [0.5, 0.6) is 17.2 Å². The second-order valence-electron chi connectivity index (χ2n) is 8.55. The summed E-state index contributed by atoms with van der Waals surface area (Å²) in [4.78, 5) is 54.1. The van der Waals surface area contributed by atoms with Crippen molar-refractivity contribution in [3.05, 3.63) is 123 Å². The first-order valence-corrected chi connectivity index (χ1v) is 12.6. The predicted molar refractivity (Wildman–Crippen MR) is 147 cm³/mol. The molecule has 0 aliphatic heterocycles. The standard InChI is InChI=1S/C31H23ClO8/c1-2-17-39-31(38)22-23(25(33)18-11-5-3-6-12-18)27(35)28(36)29(40-30(37)19-13-7-4-8-14-19)24(22)26(34)20-15-9-10-16-21(20)32/h3-16,35-36H,2,17H2,1H3. The molecule has 0 atom stereocenters. The lowest BCUT2D eigenvalue weighted by Crippen LogP contribution is -2.22. The molecule has 0 unspecified atom stereocenters. The third-order valence-corrected chi connectivity index (χ3v) is 6.19. The van der Waals surface area contributed by atoms with E-state index < -0.39 is 57.4 Å². The van der Waals surface area contributed by atoms with Gasteiger partial charge in [-0.2, -0.15) is 0 Å². The van der Waals surface area contributed by atoms with E-state index in [0.29, 0.717) is 6.42 Å². The lowest BCUT2D eigenvalue weighted by Gasteiger charge is -2.20. The highest BCUT2D eigenvalue weighted by molar-refractivity contribution is 6.36. The Balaban J connectivity index is 2.06. The molecule has 0 saturated carbocycles. The lowest BCUT2D eigenvalue weighted by molar-refractivity contribution is 0.0496. The summed E-state index contributed by atoms with van der Waals surface area (Å²) in [7, 11) is 0. The van der Waals surface area contributed by atoms with Gasteiger partial charge >= 0.3 is 11.9 Å². The van der Waals surface area contributed by atoms with Crippen LogP contribution in [0.2, 0.25) is 5.02 Å². The van der Waals surface area contributed by atoms with Crippen molar-refractivity contribution >= 4 is 35.1 Å². The summed E-state index contributed by atoms with van der Waals surface area (Å²) in [5.41, 5.74) is -2.07. The maximum Gasteiger partial charge on any atom is 0.343 e. The largest absolute Gasteiger partial charge is 0.504 e. The number of carbonyl (C=O) groups is 4. The van der Waals surface area contributed by atoms with Gasteiger partial charge in [-0.3, -0.25) is 9.59 Å². The van der Waals surface area contributed by atoms with Gasteiger partial charge in [-0.05, 0) is 30.7 Å². The highest BCUT2D eigenvalue weighted by Crippen LogP contribution is 2.46. The minimum atomic E-state index is -1.15. The van der Waals surface area contributed by atoms with Gasteiger partial charge < -0.3 is 19.7 Å². The molecule has 202 valence electrons. The number of phenols is 2. The molecule has 0 aliphatic rings. The van der Waals surface area contributed by atoms with E-state index in [9.17, 15) is 29.4 Å². The SMILES string of the molecule is CCCOC(=O)c1c(C(=O)c2ccccc2)c(O)c(O)c(OC(=O)c2ccccc2)c1C(=O)c1ccccc1Cl. The molecule has 8 nitrogen and oxygen atoms in total. The molecule has 0 aliphatic carbocycles. The Morgan fingerprint density at radius 1 is 0.675 bits per heavy atom. The minimum Gasteiger partial charge on any atom is -0.504 e. The van der Waals surface area contributed by atoms with Gasteiger partial charge in [0.05, 0.1) is 33.9 Å². The molecule has 0 fully saturated rings. The Hall–Kier alpha value is -4.95. The summed E-state index contributed by atoms with van der Waals surface area (Å²) in [6, 6.07) is 21.2. The number of carbonyl (C=O) groups excluding carboxylic acids is 4. The van der Waals surface area contributed by atoms with Gasteiger partial charge in [-0.15, -0.1) is 0 Å². The van der Waals surface area contributed by atoms with Crippen LogP contribution in [-0.2, 0) is 4.74 Å². The fourth-order valence-electron chi connectivity index (χ4n) is 3.95. The first-order chi connectivity index (χ1) is 19.3. The van der Waals surface area contributed by atoms with Gasteiger partial charge in [0.1, 0.15) is 0 Å². The van der Waals surface area contributed by atoms with Crippen molar-refractivity contribution in [3.63, 3.8) is 0 Å². The van der Waals surface area contributed by atoms with Gasteiger partial charge in [0.15, 0.2) is 23.1 Å². The van der Waals surface area contributed by atoms with E-state index in [2.05, 4.69) is 0 Å². The third-order valence-electron chi connectivity index (χ3n) is 5.86. The van der Waals surface area contributed by atoms with E-state index >= 15 is 0 Å². The minimum absolute atomic E-state index is 0.00999. The van der Waals surface area contributed by atoms with Crippen LogP contribution in [0.4, 0.5) is 0 Å². The van der Waals surface area contributed by atoms with Gasteiger partial charge in [-0.25, -0.2) is 9.59 Å². The van der Waals surface area contributed by atoms with Crippen LogP contribution in [-0.4, -0.2) is 40.3 Å². The van der Waals surface area contributed by atoms with Gasteiger partial charge in [-0.1, -0.05) is 79.2 Å². The van der Waals surface area contributed by atoms with Crippen molar-refractivity contribution in [3.8, 4) is 17.2 Å². The summed E-state index contributed by atoms with van der Waals surface area (Å²) in [6.45, 7) is 1.65. The monoisotopic (exact) mass is 558 g/mol. The molecule has 40 heavy (non-hydrogen) atoms. The molecular weight excluding hydrogens is 536 g/mol. The molecule has 0 aromatic heterocycles. The van der Waals surface area contributed by atoms with Gasteiger partial charge in [0.2, 0.25) is 5.75 Å². The maximum absolute atomic E-state index is 14.0. The second-order valence-corrected chi connectivity index (χ2v) is 8.95. The lowest BCUT2D eigenvalue weighted by atomic mass is 9.88. The van der Waals surface area contributed by atoms with E-state index in [-0.39, 0.29) is 28.3 Å². The van der Waals surface area contributed by atoms with Crippen molar-refractivity contribution in [2.75, 3.05) is 6.61 Å². The van der Waals surface area contributed by atoms with Crippen LogP contribution in [0, 0.1) is 0 Å². The zero-order chi connectivity index (χ0) is 28.8. The molecule has 9 heteroatoms. The molecule has 4 aromatic rings. The topological polar surface area (TPSA) is 127 Å². The number of phenolic OH excluding ortho intramolecular Hbond substituents is 2. The Bertz CT molecular complexity index is 1600. The summed E-state index contributed by atoms with van der Waals surface area (Å²) >= 11 is 6.28. The number of esters is 2. The van der Waals surface area contributed by atoms with Crippen molar-refractivity contribution in [1.82, 2.24) is 0 Å². The van der Waals surface area contributed by atoms with Gasteiger partial charge in [0, 0.05) is 11.1 Å². The van der Waals surface area contributed by atoms with E-state index in [1.165, 1.54) is 42.5 Å². The number of ether oxygens (including phenoxy) is 2. The zero-order valence-corrected chi connectivity index (χ0v) is 22.0. The molecule has 4 rings (SSSR count). The van der Waals surface area contributed by atoms with Crippen LogP contribution in [0.1, 0.15) is 65.9 Å². The Morgan fingerprint density at radius 2 is 1.25 bits per heavy atom. The molecule has 0 spiro atoms. The smallest absolute Gasteiger partial charge is 0.343 e. The fourth-order valence-corrected chi connectivity index (χ4v) is 4.17. The molecular formula is C31H23ClO8. The number of benzene rings is 4. The predicted octanol–water partition coefficient (Wildman–Crippen LogP) is 6.00. The number of halogens is 1. The van der Waals surface area contributed by atoms with Crippen molar-refractivity contribution < 1.29 is 38.9 Å². The van der Waals surface area contributed by atoms with E-state index in [1.807, 2.05) is 0 Å². The molecule has 0 radical (unpaired) electrons. The summed E-state index contributed by atoms with van der Waals surface area (Å²) < 4.78 is 10.7. The molecule has 0 bridgehead atoms. The average molecular weight is 559 g/mol. The van der Waals surface area contributed by atoms with Crippen LogP contribution >= 0.6 is 11.6 Å². The Morgan fingerprint density at radius 3 is 1.85 bits per heavy atom. The van der Waals surface area contributed by atoms with Crippen LogP contribution < -0.4 is 4.74 Å². The molecule has 2 N–H and O–H groups in total. The van der Waals surface area contributed by atoms with Crippen molar-refractivity contribution in [2.45, 2.75) is 13.3 Å². The van der Waals surface area contributed by atoms with Gasteiger partial charge in [0.25, 0.3) is 0 Å². The molecule has 4 aromatic carbocycles. The quantitative estimate of drug-likeness (QED) is 0.111. The summed E-state index contributed by atoms with van der Waals surface area (Å²) in [5, 5.41) is 22.1. The fraction of sp³-hybridized carbons (Fsp3) is 0.0968. The number of rotatable bonds is 9.